The Hall–Kier alpha value is -3.77. The summed E-state index contributed by atoms with van der Waals surface area (Å²) in [6, 6.07) is 14.9. The van der Waals surface area contributed by atoms with Gasteiger partial charge in [0.25, 0.3) is 10.0 Å². The van der Waals surface area contributed by atoms with Gasteiger partial charge in [-0.2, -0.15) is 13.2 Å². The van der Waals surface area contributed by atoms with Crippen molar-refractivity contribution in [2.24, 2.45) is 0 Å². The van der Waals surface area contributed by atoms with Gasteiger partial charge in [-0.3, -0.25) is 9.69 Å². The third-order valence-electron chi connectivity index (χ3n) is 7.25. The second-order valence-electron chi connectivity index (χ2n) is 9.78. The number of hydrogen-bond donors (Lipinski definition) is 0. The van der Waals surface area contributed by atoms with Crippen LogP contribution in [0.5, 0.6) is 0 Å². The first-order valence-corrected chi connectivity index (χ1v) is 14.6. The lowest BCUT2D eigenvalue weighted by molar-refractivity contribution is -0.140. The smallest absolute Gasteiger partial charge is 0.368 e. The molecule has 5 rings (SSSR count). The Labute approximate surface area is 240 Å². The van der Waals surface area contributed by atoms with Crippen molar-refractivity contribution in [3.05, 3.63) is 88.9 Å². The van der Waals surface area contributed by atoms with Crippen LogP contribution in [0.25, 0.3) is 0 Å². The van der Waals surface area contributed by atoms with E-state index in [9.17, 15) is 31.2 Å². The Balaban J connectivity index is 1.44. The normalized spacial score (nSPS) is 18.3. The molecule has 2 heterocycles. The van der Waals surface area contributed by atoms with Crippen molar-refractivity contribution in [3.63, 3.8) is 0 Å². The number of anilines is 2. The maximum Gasteiger partial charge on any atom is 0.417 e. The molecular weight excluding hydrogens is 581 g/mol. The van der Waals surface area contributed by atoms with E-state index in [1.54, 1.807) is 29.2 Å². The fourth-order valence-corrected chi connectivity index (χ4v) is 6.93. The van der Waals surface area contributed by atoms with Crippen LogP contribution in [0.1, 0.15) is 11.1 Å². The molecule has 3 aromatic rings. The minimum absolute atomic E-state index is 0.255. The van der Waals surface area contributed by atoms with Crippen LogP contribution in [0.2, 0.25) is 5.02 Å². The van der Waals surface area contributed by atoms with Crippen LogP contribution in [-0.4, -0.2) is 68.3 Å². The van der Waals surface area contributed by atoms with Crippen molar-refractivity contribution < 1.29 is 31.2 Å². The van der Waals surface area contributed by atoms with Crippen LogP contribution in [-0.2, 0) is 21.0 Å². The largest absolute Gasteiger partial charge is 0.417 e. The van der Waals surface area contributed by atoms with Crippen molar-refractivity contribution in [1.82, 2.24) is 9.21 Å². The Morgan fingerprint density at radius 3 is 2.22 bits per heavy atom. The van der Waals surface area contributed by atoms with E-state index in [1.807, 2.05) is 19.1 Å². The summed E-state index contributed by atoms with van der Waals surface area (Å²) in [5.74, 6) is -0.494. The minimum atomic E-state index is -4.97. The molecule has 3 aromatic carbocycles. The number of aryl methyl sites for hydroxylation is 1. The predicted octanol–water partition coefficient (Wildman–Crippen LogP) is 5.02. The number of piperazine rings is 1. The molecule has 2 saturated heterocycles. The van der Waals surface area contributed by atoms with Gasteiger partial charge in [-0.25, -0.2) is 17.5 Å². The lowest BCUT2D eigenvalue weighted by Gasteiger charge is -2.38. The fraction of sp³-hybridized carbons (Fsp3) is 0.286. The standard InChI is InChI=1S/C28H26ClF3N4O4S/c1-19-11-12-20(29)17-23(19)33-13-15-34(16-14-33)26(37)24-18-35(27(38)36(24)21-7-3-2-4-8-21)41(39,40)25-10-6-5-9-22(25)28(30,31)32/h2-12,17,24H,13-16,18H2,1H3. The van der Waals surface area contributed by atoms with Crippen molar-refractivity contribution in [2.75, 3.05) is 42.5 Å². The number of para-hydroxylation sites is 1. The molecule has 3 amide bonds. The van der Waals surface area contributed by atoms with Gasteiger partial charge in [0.2, 0.25) is 5.91 Å². The number of carbonyl (C=O) groups is 2. The average Bonchev–Trinajstić information content (AvgIpc) is 3.31. The van der Waals surface area contributed by atoms with E-state index in [0.717, 1.165) is 34.3 Å². The highest BCUT2D eigenvalue weighted by Crippen LogP contribution is 2.37. The number of halogens is 4. The number of urea groups is 1. The molecule has 2 aliphatic heterocycles. The Kier molecular flexibility index (Phi) is 7.64. The molecule has 8 nitrogen and oxygen atoms in total. The number of sulfonamides is 1. The van der Waals surface area contributed by atoms with Gasteiger partial charge in [0.05, 0.1) is 17.0 Å². The monoisotopic (exact) mass is 606 g/mol. The van der Waals surface area contributed by atoms with Gasteiger partial charge < -0.3 is 9.80 Å². The van der Waals surface area contributed by atoms with Gasteiger partial charge in [0.15, 0.2) is 0 Å². The first-order valence-electron chi connectivity index (χ1n) is 12.8. The maximum absolute atomic E-state index is 13.8. The zero-order valence-electron chi connectivity index (χ0n) is 21.9. The summed E-state index contributed by atoms with van der Waals surface area (Å²) >= 11 is 6.17. The van der Waals surface area contributed by atoms with Crippen molar-refractivity contribution in [2.45, 2.75) is 24.0 Å². The second kappa shape index (κ2) is 10.9. The van der Waals surface area contributed by atoms with Crippen molar-refractivity contribution in [3.8, 4) is 0 Å². The molecule has 2 aliphatic rings. The molecule has 0 spiro atoms. The number of alkyl halides is 3. The number of benzene rings is 3. The number of rotatable bonds is 5. The molecule has 0 saturated carbocycles. The summed E-state index contributed by atoms with van der Waals surface area (Å²) in [4.78, 5) is 31.0. The molecule has 0 N–H and O–H groups in total. The Bertz CT molecular complexity index is 1580. The van der Waals surface area contributed by atoms with E-state index >= 15 is 0 Å². The fourth-order valence-electron chi connectivity index (χ4n) is 5.18. The third-order valence-corrected chi connectivity index (χ3v) is 9.29. The van der Waals surface area contributed by atoms with E-state index in [4.69, 9.17) is 11.6 Å². The molecule has 13 heteroatoms. The third kappa shape index (κ3) is 5.45. The highest BCUT2D eigenvalue weighted by Gasteiger charge is 2.50. The highest BCUT2D eigenvalue weighted by atomic mass is 35.5. The molecular formula is C28H26ClF3N4O4S. The number of amides is 3. The molecule has 1 atom stereocenters. The van der Waals surface area contributed by atoms with Gasteiger partial charge in [-0.15, -0.1) is 0 Å². The lowest BCUT2D eigenvalue weighted by Crippen LogP contribution is -2.55. The SMILES string of the molecule is Cc1ccc(Cl)cc1N1CCN(C(=O)C2CN(S(=O)(=O)c3ccccc3C(F)(F)F)C(=O)N2c2ccccc2)CC1. The van der Waals surface area contributed by atoms with Crippen LogP contribution in [0.15, 0.2) is 77.7 Å². The zero-order valence-corrected chi connectivity index (χ0v) is 23.5. The molecule has 41 heavy (non-hydrogen) atoms. The molecule has 2 fully saturated rings. The molecule has 0 aliphatic carbocycles. The van der Waals surface area contributed by atoms with Gasteiger partial charge in [-0.05, 0) is 48.9 Å². The van der Waals surface area contributed by atoms with E-state index in [0.29, 0.717) is 41.6 Å². The van der Waals surface area contributed by atoms with E-state index < -0.39 is 51.2 Å². The highest BCUT2D eigenvalue weighted by molar-refractivity contribution is 7.89. The molecule has 216 valence electrons. The first kappa shape index (κ1) is 28.7. The Morgan fingerprint density at radius 2 is 1.56 bits per heavy atom. The van der Waals surface area contributed by atoms with E-state index in [1.165, 1.54) is 12.1 Å². The minimum Gasteiger partial charge on any atom is -0.368 e. The van der Waals surface area contributed by atoms with Crippen LogP contribution in [0.3, 0.4) is 0 Å². The van der Waals surface area contributed by atoms with Crippen LogP contribution < -0.4 is 9.80 Å². The van der Waals surface area contributed by atoms with Crippen LogP contribution >= 0.6 is 11.6 Å². The molecule has 0 radical (unpaired) electrons. The van der Waals surface area contributed by atoms with Gasteiger partial charge in [0.1, 0.15) is 6.04 Å². The summed E-state index contributed by atoms with van der Waals surface area (Å²) < 4.78 is 68.5. The predicted molar refractivity (Wildman–Crippen MR) is 148 cm³/mol. The maximum atomic E-state index is 13.8. The summed E-state index contributed by atoms with van der Waals surface area (Å²) in [5, 5.41) is 0.584. The van der Waals surface area contributed by atoms with E-state index in [-0.39, 0.29) is 5.69 Å². The van der Waals surface area contributed by atoms with Gasteiger partial charge >= 0.3 is 12.2 Å². The van der Waals surface area contributed by atoms with Crippen molar-refractivity contribution in [1.29, 1.82) is 0 Å². The topological polar surface area (TPSA) is 81.2 Å². The molecule has 0 aromatic heterocycles. The summed E-state index contributed by atoms with van der Waals surface area (Å²) in [6.07, 6.45) is -4.97. The van der Waals surface area contributed by atoms with Crippen LogP contribution in [0.4, 0.5) is 29.3 Å². The number of hydrogen-bond acceptors (Lipinski definition) is 5. The summed E-state index contributed by atoms with van der Waals surface area (Å²) in [7, 11) is -4.96. The number of nitrogens with zero attached hydrogens (tertiary/aromatic N) is 4. The molecule has 0 bridgehead atoms. The van der Waals surface area contributed by atoms with Crippen molar-refractivity contribution >= 4 is 44.9 Å². The van der Waals surface area contributed by atoms with Gasteiger partial charge in [-0.1, -0.05) is 48.0 Å². The second-order valence-corrected chi connectivity index (χ2v) is 12.0. The summed E-state index contributed by atoms with van der Waals surface area (Å²) in [6.45, 7) is 2.86. The number of carbonyl (C=O) groups excluding carboxylic acids is 2. The Morgan fingerprint density at radius 1 is 0.927 bits per heavy atom. The first-order chi connectivity index (χ1) is 19.4. The zero-order chi connectivity index (χ0) is 29.5. The quantitative estimate of drug-likeness (QED) is 0.408. The summed E-state index contributed by atoms with van der Waals surface area (Å²) in [5.41, 5.74) is 0.824. The van der Waals surface area contributed by atoms with Gasteiger partial charge in [0, 0.05) is 42.6 Å². The average molecular weight is 607 g/mol. The van der Waals surface area contributed by atoms with Crippen LogP contribution in [0, 0.1) is 6.92 Å². The lowest BCUT2D eigenvalue weighted by atomic mass is 10.1. The van der Waals surface area contributed by atoms with E-state index in [2.05, 4.69) is 4.90 Å². The molecule has 1 unspecified atom stereocenters.